The Morgan fingerprint density at radius 1 is 1.53 bits per heavy atom. The number of hydrogen-bond donors (Lipinski definition) is 1. The third-order valence-electron chi connectivity index (χ3n) is 2.96. The minimum Gasteiger partial charge on any atom is -0.480 e. The molecule has 2 rings (SSSR count). The summed E-state index contributed by atoms with van der Waals surface area (Å²) in [4.78, 5) is 17.2. The zero-order valence-electron chi connectivity index (χ0n) is 9.58. The lowest BCUT2D eigenvalue weighted by Gasteiger charge is -2.32. The SMILES string of the molecule is O=C(O)C1CSCCN1CCc1ccncc1. The molecule has 0 aromatic carbocycles. The summed E-state index contributed by atoms with van der Waals surface area (Å²) in [5.41, 5.74) is 1.21. The number of aromatic nitrogens is 1. The molecular weight excluding hydrogens is 236 g/mol. The van der Waals surface area contributed by atoms with Crippen molar-refractivity contribution in [2.24, 2.45) is 0 Å². The Hall–Kier alpha value is -1.07. The standard InChI is InChI=1S/C12H16N2O2S/c15-12(16)11-9-17-8-7-14(11)6-3-10-1-4-13-5-2-10/h1-2,4-5,11H,3,6-9H2,(H,15,16). The molecule has 0 amide bonds. The molecule has 1 atom stereocenters. The van der Waals surface area contributed by atoms with E-state index in [4.69, 9.17) is 5.11 Å². The van der Waals surface area contributed by atoms with Crippen molar-refractivity contribution in [1.29, 1.82) is 0 Å². The van der Waals surface area contributed by atoms with Gasteiger partial charge < -0.3 is 5.11 Å². The number of hydrogen-bond acceptors (Lipinski definition) is 4. The summed E-state index contributed by atoms with van der Waals surface area (Å²) >= 11 is 1.72. The van der Waals surface area contributed by atoms with Crippen LogP contribution in [0.5, 0.6) is 0 Å². The van der Waals surface area contributed by atoms with Crippen LogP contribution in [0.2, 0.25) is 0 Å². The van der Waals surface area contributed by atoms with E-state index in [2.05, 4.69) is 9.88 Å². The van der Waals surface area contributed by atoms with Gasteiger partial charge in [0.05, 0.1) is 0 Å². The molecule has 1 aliphatic rings. The van der Waals surface area contributed by atoms with E-state index < -0.39 is 5.97 Å². The van der Waals surface area contributed by atoms with E-state index in [-0.39, 0.29) is 6.04 Å². The first kappa shape index (κ1) is 12.4. The average molecular weight is 252 g/mol. The van der Waals surface area contributed by atoms with E-state index in [1.807, 2.05) is 12.1 Å². The van der Waals surface area contributed by atoms with Crippen molar-refractivity contribution in [2.45, 2.75) is 12.5 Å². The Bertz CT molecular complexity index is 372. The van der Waals surface area contributed by atoms with Crippen LogP contribution in [0, 0.1) is 0 Å². The Kier molecular flexibility index (Phi) is 4.39. The van der Waals surface area contributed by atoms with E-state index in [0.717, 1.165) is 25.3 Å². The van der Waals surface area contributed by atoms with Gasteiger partial charge in [0.2, 0.25) is 0 Å². The minimum atomic E-state index is -0.702. The zero-order chi connectivity index (χ0) is 12.1. The largest absolute Gasteiger partial charge is 0.480 e. The molecule has 5 heteroatoms. The van der Waals surface area contributed by atoms with Crippen LogP contribution < -0.4 is 0 Å². The summed E-state index contributed by atoms with van der Waals surface area (Å²) < 4.78 is 0. The lowest BCUT2D eigenvalue weighted by atomic mass is 10.1. The Balaban J connectivity index is 1.90. The maximum absolute atomic E-state index is 11.1. The maximum Gasteiger partial charge on any atom is 0.321 e. The smallest absolute Gasteiger partial charge is 0.321 e. The molecule has 17 heavy (non-hydrogen) atoms. The molecule has 4 nitrogen and oxygen atoms in total. The summed E-state index contributed by atoms with van der Waals surface area (Å²) in [6.45, 7) is 1.67. The summed E-state index contributed by atoms with van der Waals surface area (Å²) in [6, 6.07) is 3.64. The molecular formula is C12H16N2O2S. The molecule has 1 fully saturated rings. The lowest BCUT2D eigenvalue weighted by molar-refractivity contribution is -0.142. The first-order chi connectivity index (χ1) is 8.27. The van der Waals surface area contributed by atoms with Crippen molar-refractivity contribution in [1.82, 2.24) is 9.88 Å². The molecule has 1 aromatic rings. The van der Waals surface area contributed by atoms with Crippen LogP contribution in [0.1, 0.15) is 5.56 Å². The quantitative estimate of drug-likeness (QED) is 0.870. The van der Waals surface area contributed by atoms with Gasteiger partial charge in [-0.15, -0.1) is 0 Å². The topological polar surface area (TPSA) is 53.4 Å². The molecule has 0 radical (unpaired) electrons. The molecule has 1 N–H and O–H groups in total. The van der Waals surface area contributed by atoms with Gasteiger partial charge in [-0.25, -0.2) is 0 Å². The van der Waals surface area contributed by atoms with Gasteiger partial charge in [0.1, 0.15) is 6.04 Å². The van der Waals surface area contributed by atoms with E-state index in [1.54, 1.807) is 24.2 Å². The highest BCUT2D eigenvalue weighted by atomic mass is 32.2. The van der Waals surface area contributed by atoms with E-state index in [9.17, 15) is 4.79 Å². The number of carbonyl (C=O) groups is 1. The molecule has 1 unspecified atom stereocenters. The number of pyridine rings is 1. The number of aliphatic carboxylic acids is 1. The Morgan fingerprint density at radius 2 is 2.29 bits per heavy atom. The minimum absolute atomic E-state index is 0.324. The fourth-order valence-electron chi connectivity index (χ4n) is 1.96. The van der Waals surface area contributed by atoms with Crippen LogP contribution in [0.15, 0.2) is 24.5 Å². The molecule has 1 saturated heterocycles. The highest BCUT2D eigenvalue weighted by molar-refractivity contribution is 7.99. The second kappa shape index (κ2) is 6.02. The molecule has 0 saturated carbocycles. The predicted octanol–water partition coefficient (Wildman–Crippen LogP) is 1.13. The predicted molar refractivity (Wildman–Crippen MR) is 68.3 cm³/mol. The van der Waals surface area contributed by atoms with Crippen molar-refractivity contribution in [3.8, 4) is 0 Å². The fraction of sp³-hybridized carbons (Fsp3) is 0.500. The van der Waals surface area contributed by atoms with Crippen molar-refractivity contribution in [2.75, 3.05) is 24.6 Å². The van der Waals surface area contributed by atoms with Crippen LogP contribution >= 0.6 is 11.8 Å². The van der Waals surface area contributed by atoms with Crippen LogP contribution in [-0.2, 0) is 11.2 Å². The lowest BCUT2D eigenvalue weighted by Crippen LogP contribution is -2.47. The zero-order valence-corrected chi connectivity index (χ0v) is 10.4. The number of carboxylic acid groups (broad SMARTS) is 1. The van der Waals surface area contributed by atoms with Crippen LogP contribution in [-0.4, -0.2) is 51.6 Å². The van der Waals surface area contributed by atoms with Gasteiger partial charge in [-0.05, 0) is 24.1 Å². The molecule has 2 heterocycles. The summed E-state index contributed by atoms with van der Waals surface area (Å²) in [6.07, 6.45) is 4.43. The van der Waals surface area contributed by atoms with Gasteiger partial charge in [-0.2, -0.15) is 11.8 Å². The highest BCUT2D eigenvalue weighted by Gasteiger charge is 2.28. The average Bonchev–Trinajstić information content (AvgIpc) is 2.38. The van der Waals surface area contributed by atoms with Gasteiger partial charge >= 0.3 is 5.97 Å². The number of nitrogens with zero attached hydrogens (tertiary/aromatic N) is 2. The summed E-state index contributed by atoms with van der Waals surface area (Å²) in [7, 11) is 0. The third-order valence-corrected chi connectivity index (χ3v) is 3.98. The van der Waals surface area contributed by atoms with Crippen molar-refractivity contribution < 1.29 is 9.90 Å². The number of rotatable bonds is 4. The van der Waals surface area contributed by atoms with E-state index in [0.29, 0.717) is 5.75 Å². The first-order valence-electron chi connectivity index (χ1n) is 5.71. The summed E-state index contributed by atoms with van der Waals surface area (Å²) in [5, 5.41) is 9.14. The Labute approximate surface area is 105 Å². The Morgan fingerprint density at radius 3 is 3.00 bits per heavy atom. The molecule has 0 spiro atoms. The monoisotopic (exact) mass is 252 g/mol. The second-order valence-corrected chi connectivity index (χ2v) is 5.22. The van der Waals surface area contributed by atoms with E-state index in [1.165, 1.54) is 5.56 Å². The normalized spacial score (nSPS) is 21.3. The van der Waals surface area contributed by atoms with Crippen molar-refractivity contribution in [3.63, 3.8) is 0 Å². The highest BCUT2D eigenvalue weighted by Crippen LogP contribution is 2.17. The van der Waals surface area contributed by atoms with Crippen molar-refractivity contribution in [3.05, 3.63) is 30.1 Å². The van der Waals surface area contributed by atoms with Gasteiger partial charge in [0, 0.05) is 37.0 Å². The maximum atomic E-state index is 11.1. The van der Waals surface area contributed by atoms with Gasteiger partial charge in [-0.3, -0.25) is 14.7 Å². The number of carboxylic acids is 1. The molecule has 1 aromatic heterocycles. The van der Waals surface area contributed by atoms with Gasteiger partial charge in [0.25, 0.3) is 0 Å². The van der Waals surface area contributed by atoms with Gasteiger partial charge in [-0.1, -0.05) is 0 Å². The van der Waals surface area contributed by atoms with Crippen LogP contribution in [0.3, 0.4) is 0 Å². The molecule has 0 aliphatic carbocycles. The molecule has 0 bridgehead atoms. The first-order valence-corrected chi connectivity index (χ1v) is 6.86. The molecule has 92 valence electrons. The molecule has 1 aliphatic heterocycles. The second-order valence-electron chi connectivity index (χ2n) is 4.07. The number of thioether (sulfide) groups is 1. The van der Waals surface area contributed by atoms with Crippen molar-refractivity contribution >= 4 is 17.7 Å². The fourth-order valence-corrected chi connectivity index (χ4v) is 3.06. The third kappa shape index (κ3) is 3.44. The summed E-state index contributed by atoms with van der Waals surface area (Å²) in [5.74, 6) is 1.03. The van der Waals surface area contributed by atoms with Crippen LogP contribution in [0.25, 0.3) is 0 Å². The van der Waals surface area contributed by atoms with E-state index >= 15 is 0 Å². The van der Waals surface area contributed by atoms with Crippen LogP contribution in [0.4, 0.5) is 0 Å². The van der Waals surface area contributed by atoms with Gasteiger partial charge in [0.15, 0.2) is 0 Å².